The average Bonchev–Trinajstić information content (AvgIpc) is 2.95. The Kier molecular flexibility index (Phi) is 4.86. The first-order valence-corrected chi connectivity index (χ1v) is 8.55. The molecule has 0 aliphatic heterocycles. The molecule has 0 radical (unpaired) electrons. The first kappa shape index (κ1) is 17.2. The van der Waals surface area contributed by atoms with Crippen LogP contribution in [0.4, 0.5) is 5.69 Å². The van der Waals surface area contributed by atoms with Crippen LogP contribution in [0.5, 0.6) is 0 Å². The molecule has 1 amide bonds. The van der Waals surface area contributed by atoms with E-state index in [1.54, 1.807) is 6.20 Å². The van der Waals surface area contributed by atoms with Gasteiger partial charge in [-0.2, -0.15) is 0 Å². The van der Waals surface area contributed by atoms with Crippen molar-refractivity contribution < 1.29 is 4.79 Å². The van der Waals surface area contributed by atoms with Gasteiger partial charge in [0.2, 0.25) is 5.91 Å². The SMILES string of the molecule is Cc1cc2c(-c3ccc(NC(=O)[C@H](N)CC(C)C)cc3)ccnc2[nH]1. The predicted octanol–water partition coefficient (Wildman–Crippen LogP) is 3.85. The maximum absolute atomic E-state index is 12.1. The zero-order chi connectivity index (χ0) is 18.0. The van der Waals surface area contributed by atoms with Crippen LogP contribution in [0, 0.1) is 12.8 Å². The fourth-order valence-electron chi connectivity index (χ4n) is 2.99. The lowest BCUT2D eigenvalue weighted by molar-refractivity contribution is -0.117. The van der Waals surface area contributed by atoms with Crippen LogP contribution in [0.2, 0.25) is 0 Å². The molecular weight excluding hydrogens is 312 g/mol. The zero-order valence-electron chi connectivity index (χ0n) is 14.8. The van der Waals surface area contributed by atoms with Gasteiger partial charge in [0.15, 0.2) is 0 Å². The third-order valence-electron chi connectivity index (χ3n) is 4.19. The molecule has 5 heteroatoms. The van der Waals surface area contributed by atoms with Crippen LogP contribution in [-0.4, -0.2) is 21.9 Å². The van der Waals surface area contributed by atoms with E-state index in [9.17, 15) is 4.79 Å². The summed E-state index contributed by atoms with van der Waals surface area (Å²) in [6, 6.07) is 11.4. The summed E-state index contributed by atoms with van der Waals surface area (Å²) < 4.78 is 0. The summed E-state index contributed by atoms with van der Waals surface area (Å²) in [6.45, 7) is 6.13. The molecule has 0 saturated heterocycles. The number of carbonyl (C=O) groups is 1. The summed E-state index contributed by atoms with van der Waals surface area (Å²) in [4.78, 5) is 19.7. The highest BCUT2D eigenvalue weighted by Gasteiger charge is 2.15. The third kappa shape index (κ3) is 3.88. The monoisotopic (exact) mass is 336 g/mol. The van der Waals surface area contributed by atoms with E-state index >= 15 is 0 Å². The zero-order valence-corrected chi connectivity index (χ0v) is 14.8. The molecule has 4 N–H and O–H groups in total. The molecule has 3 aromatic rings. The smallest absolute Gasteiger partial charge is 0.241 e. The molecule has 1 atom stereocenters. The Bertz CT molecular complexity index is 880. The Balaban J connectivity index is 1.79. The Morgan fingerprint density at radius 1 is 1.24 bits per heavy atom. The second-order valence-corrected chi connectivity index (χ2v) is 6.88. The summed E-state index contributed by atoms with van der Waals surface area (Å²) in [5.74, 6) is 0.246. The molecule has 0 aliphatic rings. The lowest BCUT2D eigenvalue weighted by Gasteiger charge is -2.14. The van der Waals surface area contributed by atoms with Gasteiger partial charge in [0.1, 0.15) is 5.65 Å². The molecule has 25 heavy (non-hydrogen) atoms. The molecule has 3 rings (SSSR count). The van der Waals surface area contributed by atoms with Gasteiger partial charge in [-0.05, 0) is 54.7 Å². The highest BCUT2D eigenvalue weighted by molar-refractivity contribution is 5.96. The molecule has 0 saturated carbocycles. The van der Waals surface area contributed by atoms with Crippen molar-refractivity contribution in [2.75, 3.05) is 5.32 Å². The van der Waals surface area contributed by atoms with Gasteiger partial charge < -0.3 is 16.0 Å². The van der Waals surface area contributed by atoms with Crippen molar-refractivity contribution in [3.63, 3.8) is 0 Å². The predicted molar refractivity (Wildman–Crippen MR) is 102 cm³/mol. The minimum atomic E-state index is -0.484. The van der Waals surface area contributed by atoms with Gasteiger partial charge in [-0.1, -0.05) is 26.0 Å². The second-order valence-electron chi connectivity index (χ2n) is 6.88. The molecule has 5 nitrogen and oxygen atoms in total. The summed E-state index contributed by atoms with van der Waals surface area (Å²) >= 11 is 0. The number of hydrogen-bond donors (Lipinski definition) is 3. The van der Waals surface area contributed by atoms with E-state index in [4.69, 9.17) is 5.73 Å². The number of aryl methyl sites for hydroxylation is 1. The van der Waals surface area contributed by atoms with Crippen LogP contribution in [0.1, 0.15) is 26.0 Å². The summed E-state index contributed by atoms with van der Waals surface area (Å²) in [7, 11) is 0. The molecule has 0 aliphatic carbocycles. The molecule has 2 heterocycles. The first-order valence-electron chi connectivity index (χ1n) is 8.55. The molecule has 130 valence electrons. The quantitative estimate of drug-likeness (QED) is 0.661. The Morgan fingerprint density at radius 3 is 2.64 bits per heavy atom. The molecule has 0 unspecified atom stereocenters. The van der Waals surface area contributed by atoms with Crippen LogP contribution in [0.15, 0.2) is 42.6 Å². The minimum absolute atomic E-state index is 0.144. The second kappa shape index (κ2) is 7.07. The van der Waals surface area contributed by atoms with Crippen LogP contribution in [0.25, 0.3) is 22.2 Å². The molecular formula is C20H24N4O. The fraction of sp³-hybridized carbons (Fsp3) is 0.300. The van der Waals surface area contributed by atoms with Crippen LogP contribution in [-0.2, 0) is 4.79 Å². The number of nitrogens with one attached hydrogen (secondary N) is 2. The number of carbonyl (C=O) groups excluding carboxylic acids is 1. The van der Waals surface area contributed by atoms with E-state index in [1.165, 1.54) is 0 Å². The van der Waals surface area contributed by atoms with Gasteiger partial charge in [0.25, 0.3) is 0 Å². The van der Waals surface area contributed by atoms with Crippen LogP contribution >= 0.6 is 0 Å². The number of nitrogens with two attached hydrogens (primary N) is 1. The average molecular weight is 336 g/mol. The number of aromatic amines is 1. The molecule has 0 bridgehead atoms. The van der Waals surface area contributed by atoms with Crippen LogP contribution < -0.4 is 11.1 Å². The number of benzene rings is 1. The van der Waals surface area contributed by atoms with E-state index in [2.05, 4.69) is 35.2 Å². The van der Waals surface area contributed by atoms with Crippen LogP contribution in [0.3, 0.4) is 0 Å². The van der Waals surface area contributed by atoms with E-state index in [0.717, 1.165) is 33.5 Å². The van der Waals surface area contributed by atoms with Crippen molar-refractivity contribution in [3.05, 3.63) is 48.3 Å². The Labute approximate surface area is 147 Å². The van der Waals surface area contributed by atoms with Gasteiger partial charge in [0, 0.05) is 23.0 Å². The number of anilines is 1. The fourth-order valence-corrected chi connectivity index (χ4v) is 2.99. The van der Waals surface area contributed by atoms with Gasteiger partial charge in [0.05, 0.1) is 6.04 Å². The Morgan fingerprint density at radius 2 is 1.96 bits per heavy atom. The molecule has 2 aromatic heterocycles. The van der Waals surface area contributed by atoms with Crippen molar-refractivity contribution >= 4 is 22.6 Å². The third-order valence-corrected chi connectivity index (χ3v) is 4.19. The normalized spacial score (nSPS) is 12.5. The van der Waals surface area contributed by atoms with E-state index in [1.807, 2.05) is 37.3 Å². The summed E-state index contributed by atoms with van der Waals surface area (Å²) in [6.07, 6.45) is 2.47. The number of rotatable bonds is 5. The van der Waals surface area contributed by atoms with E-state index in [0.29, 0.717) is 12.3 Å². The lowest BCUT2D eigenvalue weighted by Crippen LogP contribution is -2.36. The van der Waals surface area contributed by atoms with Crippen molar-refractivity contribution in [1.82, 2.24) is 9.97 Å². The highest BCUT2D eigenvalue weighted by Crippen LogP contribution is 2.28. The maximum Gasteiger partial charge on any atom is 0.241 e. The van der Waals surface area contributed by atoms with Gasteiger partial charge in [-0.25, -0.2) is 4.98 Å². The molecule has 1 aromatic carbocycles. The Hall–Kier alpha value is -2.66. The van der Waals surface area contributed by atoms with Gasteiger partial charge in [-0.15, -0.1) is 0 Å². The highest BCUT2D eigenvalue weighted by atomic mass is 16.2. The molecule has 0 spiro atoms. The summed E-state index contributed by atoms with van der Waals surface area (Å²) in [5.41, 5.74) is 10.8. The number of fused-ring (bicyclic) bond motifs is 1. The number of pyridine rings is 1. The van der Waals surface area contributed by atoms with Crippen molar-refractivity contribution in [3.8, 4) is 11.1 Å². The standard InChI is InChI=1S/C20H24N4O/c1-12(2)10-18(21)20(25)24-15-6-4-14(5-7-15)16-8-9-22-19-17(16)11-13(3)23-19/h4-9,11-12,18H,10,21H2,1-3H3,(H,22,23)(H,24,25)/t18-/m1/s1. The molecule has 0 fully saturated rings. The lowest BCUT2D eigenvalue weighted by atomic mass is 10.0. The largest absolute Gasteiger partial charge is 0.344 e. The minimum Gasteiger partial charge on any atom is -0.344 e. The van der Waals surface area contributed by atoms with Crippen molar-refractivity contribution in [2.24, 2.45) is 11.7 Å². The topological polar surface area (TPSA) is 83.8 Å². The number of amides is 1. The number of hydrogen-bond acceptors (Lipinski definition) is 3. The number of nitrogens with zero attached hydrogens (tertiary/aromatic N) is 1. The van der Waals surface area contributed by atoms with Gasteiger partial charge in [-0.3, -0.25) is 4.79 Å². The number of H-pyrrole nitrogens is 1. The van der Waals surface area contributed by atoms with Crippen molar-refractivity contribution in [1.29, 1.82) is 0 Å². The van der Waals surface area contributed by atoms with E-state index in [-0.39, 0.29) is 5.91 Å². The maximum atomic E-state index is 12.1. The van der Waals surface area contributed by atoms with Gasteiger partial charge >= 0.3 is 0 Å². The summed E-state index contributed by atoms with van der Waals surface area (Å²) in [5, 5.41) is 3.98. The van der Waals surface area contributed by atoms with Crippen molar-refractivity contribution in [2.45, 2.75) is 33.2 Å². The first-order chi connectivity index (χ1) is 11.9. The van der Waals surface area contributed by atoms with E-state index < -0.39 is 6.04 Å². The number of aromatic nitrogens is 2.